The van der Waals surface area contributed by atoms with Crippen LogP contribution in [0.2, 0.25) is 0 Å². The molecule has 14 heavy (non-hydrogen) atoms. The topological polar surface area (TPSA) is 43.6 Å². The average Bonchev–Trinajstić information content (AvgIpc) is 2.68. The fourth-order valence-corrected chi connectivity index (χ4v) is 1.31. The Balaban J connectivity index is 2.25. The van der Waals surface area contributed by atoms with E-state index in [0.717, 1.165) is 11.3 Å². The Morgan fingerprint density at radius 2 is 2.36 bits per heavy atom. The molecule has 2 aromatic heterocycles. The summed E-state index contributed by atoms with van der Waals surface area (Å²) in [5, 5.41) is 7.96. The highest BCUT2D eigenvalue weighted by Gasteiger charge is 2.02. The fraction of sp³-hybridized carbons (Fsp3) is 0.222. The van der Waals surface area contributed by atoms with Crippen molar-refractivity contribution >= 4 is 11.6 Å². The molecule has 0 aliphatic carbocycles. The highest BCUT2D eigenvalue weighted by molar-refractivity contribution is 6.17. The van der Waals surface area contributed by atoms with Crippen molar-refractivity contribution in [1.82, 2.24) is 20.0 Å². The first-order valence-corrected chi connectivity index (χ1v) is 4.80. The van der Waals surface area contributed by atoms with Gasteiger partial charge in [0.2, 0.25) is 0 Å². The Hall–Kier alpha value is -1.42. The molecule has 0 N–H and O–H groups in total. The molecule has 0 amide bonds. The van der Waals surface area contributed by atoms with Crippen LogP contribution in [0.4, 0.5) is 0 Å². The molecule has 2 aromatic rings. The quantitative estimate of drug-likeness (QED) is 0.720. The molecule has 4 nitrogen and oxygen atoms in total. The Bertz CT molecular complexity index is 398. The van der Waals surface area contributed by atoms with Crippen molar-refractivity contribution in [3.63, 3.8) is 0 Å². The first-order chi connectivity index (χ1) is 6.90. The molecule has 5 heteroatoms. The third-order valence-corrected chi connectivity index (χ3v) is 1.98. The van der Waals surface area contributed by atoms with Crippen molar-refractivity contribution in [2.75, 3.05) is 5.88 Å². The number of halogens is 1. The lowest BCUT2D eigenvalue weighted by Crippen LogP contribution is -1.98. The molecule has 0 bridgehead atoms. The van der Waals surface area contributed by atoms with E-state index in [9.17, 15) is 0 Å². The first-order valence-electron chi connectivity index (χ1n) is 4.26. The van der Waals surface area contributed by atoms with Gasteiger partial charge in [-0.2, -0.15) is 0 Å². The van der Waals surface area contributed by atoms with E-state index in [1.54, 1.807) is 17.1 Å². The van der Waals surface area contributed by atoms with Crippen LogP contribution in [-0.4, -0.2) is 25.9 Å². The van der Waals surface area contributed by atoms with Crippen LogP contribution in [-0.2, 0) is 6.54 Å². The summed E-state index contributed by atoms with van der Waals surface area (Å²) in [7, 11) is 0. The van der Waals surface area contributed by atoms with Crippen LogP contribution in [0.25, 0.3) is 11.3 Å². The molecule has 0 fully saturated rings. The predicted molar refractivity (Wildman–Crippen MR) is 54.0 cm³/mol. The van der Waals surface area contributed by atoms with Crippen LogP contribution in [0.5, 0.6) is 0 Å². The van der Waals surface area contributed by atoms with Gasteiger partial charge in [0, 0.05) is 23.8 Å². The number of pyridine rings is 1. The second-order valence-electron chi connectivity index (χ2n) is 2.80. The Kier molecular flexibility index (Phi) is 2.74. The zero-order valence-corrected chi connectivity index (χ0v) is 8.22. The predicted octanol–water partition coefficient (Wildman–Crippen LogP) is 1.58. The maximum atomic E-state index is 5.59. The standard InChI is InChI=1S/C9H9ClN4/c10-3-5-14-7-9(12-13-14)8-2-1-4-11-6-8/h1-2,4,6-7H,3,5H2. The molecule has 0 unspecified atom stereocenters. The van der Waals surface area contributed by atoms with Gasteiger partial charge in [-0.15, -0.1) is 16.7 Å². The molecule has 0 radical (unpaired) electrons. The van der Waals surface area contributed by atoms with E-state index in [0.29, 0.717) is 12.4 Å². The minimum atomic E-state index is 0.538. The highest BCUT2D eigenvalue weighted by Crippen LogP contribution is 2.13. The zero-order chi connectivity index (χ0) is 9.80. The van der Waals surface area contributed by atoms with Crippen molar-refractivity contribution in [3.8, 4) is 11.3 Å². The zero-order valence-electron chi connectivity index (χ0n) is 7.47. The molecule has 0 aliphatic heterocycles. The van der Waals surface area contributed by atoms with E-state index >= 15 is 0 Å². The number of alkyl halides is 1. The molecule has 2 rings (SSSR count). The molecular formula is C9H9ClN4. The molecule has 0 atom stereocenters. The van der Waals surface area contributed by atoms with Crippen LogP contribution in [0.1, 0.15) is 0 Å². The van der Waals surface area contributed by atoms with Crippen LogP contribution < -0.4 is 0 Å². The van der Waals surface area contributed by atoms with Crippen molar-refractivity contribution < 1.29 is 0 Å². The number of rotatable bonds is 3. The number of aryl methyl sites for hydroxylation is 1. The second-order valence-corrected chi connectivity index (χ2v) is 3.18. The van der Waals surface area contributed by atoms with Gasteiger partial charge in [0.25, 0.3) is 0 Å². The van der Waals surface area contributed by atoms with E-state index in [2.05, 4.69) is 15.3 Å². The first kappa shape index (κ1) is 9.15. The van der Waals surface area contributed by atoms with Gasteiger partial charge in [0.1, 0.15) is 5.69 Å². The maximum absolute atomic E-state index is 5.59. The second kappa shape index (κ2) is 4.19. The van der Waals surface area contributed by atoms with E-state index in [4.69, 9.17) is 11.6 Å². The number of hydrogen-bond donors (Lipinski definition) is 0. The number of aromatic nitrogens is 4. The summed E-state index contributed by atoms with van der Waals surface area (Å²) in [6.45, 7) is 0.675. The van der Waals surface area contributed by atoms with Crippen LogP contribution in [0.3, 0.4) is 0 Å². The summed E-state index contributed by atoms with van der Waals surface area (Å²) in [6.07, 6.45) is 5.35. The highest BCUT2D eigenvalue weighted by atomic mass is 35.5. The lowest BCUT2D eigenvalue weighted by Gasteiger charge is -1.93. The molecule has 72 valence electrons. The summed E-state index contributed by atoms with van der Waals surface area (Å²) >= 11 is 5.59. The summed E-state index contributed by atoms with van der Waals surface area (Å²) in [5.74, 6) is 0.538. The largest absolute Gasteiger partial charge is 0.264 e. The summed E-state index contributed by atoms with van der Waals surface area (Å²) in [5.41, 5.74) is 1.79. The monoisotopic (exact) mass is 208 g/mol. The van der Waals surface area contributed by atoms with E-state index in [1.165, 1.54) is 0 Å². The van der Waals surface area contributed by atoms with Gasteiger partial charge >= 0.3 is 0 Å². The van der Waals surface area contributed by atoms with Gasteiger partial charge in [-0.1, -0.05) is 5.21 Å². The van der Waals surface area contributed by atoms with Crippen molar-refractivity contribution in [2.24, 2.45) is 0 Å². The average molecular weight is 209 g/mol. The van der Waals surface area contributed by atoms with Gasteiger partial charge in [0.05, 0.1) is 12.7 Å². The fourth-order valence-electron chi connectivity index (χ4n) is 1.14. The number of nitrogens with zero attached hydrogens (tertiary/aromatic N) is 4. The Labute approximate surface area is 86.5 Å². The maximum Gasteiger partial charge on any atom is 0.114 e. The Morgan fingerprint density at radius 3 is 3.07 bits per heavy atom. The smallest absolute Gasteiger partial charge is 0.114 e. The van der Waals surface area contributed by atoms with E-state index in [-0.39, 0.29) is 0 Å². The molecule has 0 saturated heterocycles. The van der Waals surface area contributed by atoms with Gasteiger partial charge in [0.15, 0.2) is 0 Å². The van der Waals surface area contributed by atoms with Crippen LogP contribution >= 0.6 is 11.6 Å². The molecule has 2 heterocycles. The molecule has 0 aliphatic rings. The summed E-state index contributed by atoms with van der Waals surface area (Å²) in [4.78, 5) is 4.01. The minimum Gasteiger partial charge on any atom is -0.264 e. The summed E-state index contributed by atoms with van der Waals surface area (Å²) in [6, 6.07) is 3.82. The molecular weight excluding hydrogens is 200 g/mol. The SMILES string of the molecule is ClCCn1cc(-c2cccnc2)nn1. The van der Waals surface area contributed by atoms with Crippen LogP contribution in [0.15, 0.2) is 30.7 Å². The lowest BCUT2D eigenvalue weighted by molar-refractivity contribution is 0.630. The summed E-state index contributed by atoms with van der Waals surface area (Å²) < 4.78 is 1.72. The van der Waals surface area contributed by atoms with Gasteiger partial charge in [-0.05, 0) is 12.1 Å². The molecule has 0 spiro atoms. The van der Waals surface area contributed by atoms with Gasteiger partial charge < -0.3 is 0 Å². The molecule has 0 saturated carbocycles. The van der Waals surface area contributed by atoms with E-state index < -0.39 is 0 Å². The van der Waals surface area contributed by atoms with Gasteiger partial charge in [-0.3, -0.25) is 9.67 Å². The van der Waals surface area contributed by atoms with E-state index in [1.807, 2.05) is 18.3 Å². The van der Waals surface area contributed by atoms with Crippen molar-refractivity contribution in [3.05, 3.63) is 30.7 Å². The lowest BCUT2D eigenvalue weighted by atomic mass is 10.2. The third kappa shape index (κ3) is 1.90. The number of hydrogen-bond acceptors (Lipinski definition) is 3. The third-order valence-electron chi connectivity index (χ3n) is 1.81. The normalized spacial score (nSPS) is 10.4. The van der Waals surface area contributed by atoms with Crippen molar-refractivity contribution in [1.29, 1.82) is 0 Å². The van der Waals surface area contributed by atoms with Crippen LogP contribution in [0, 0.1) is 0 Å². The minimum absolute atomic E-state index is 0.538. The Morgan fingerprint density at radius 1 is 1.43 bits per heavy atom. The molecule has 0 aromatic carbocycles. The van der Waals surface area contributed by atoms with Gasteiger partial charge in [-0.25, -0.2) is 0 Å². The van der Waals surface area contributed by atoms with Crippen molar-refractivity contribution in [2.45, 2.75) is 6.54 Å².